The van der Waals surface area contributed by atoms with Crippen LogP contribution in [0.1, 0.15) is 27.8 Å². The van der Waals surface area contributed by atoms with Crippen LogP contribution in [0.2, 0.25) is 0 Å². The first-order chi connectivity index (χ1) is 11.8. The number of aryl methyl sites for hydroxylation is 3. The topological polar surface area (TPSA) is 81.8 Å². The van der Waals surface area contributed by atoms with Gasteiger partial charge in [-0.15, -0.1) is 0 Å². The van der Waals surface area contributed by atoms with Crippen LogP contribution < -0.4 is 0 Å². The Kier molecular flexibility index (Phi) is 4.19. The summed E-state index contributed by atoms with van der Waals surface area (Å²) in [4.78, 5) is 26.9. The van der Waals surface area contributed by atoms with E-state index in [9.17, 15) is 14.9 Å². The number of nitro benzene ring substituents is 1. The molecule has 25 heavy (non-hydrogen) atoms. The van der Waals surface area contributed by atoms with Crippen molar-refractivity contribution in [3.05, 3.63) is 80.0 Å². The normalized spacial score (nSPS) is 15.2. The van der Waals surface area contributed by atoms with Crippen LogP contribution >= 0.6 is 0 Å². The summed E-state index contributed by atoms with van der Waals surface area (Å²) in [5, 5.41) is 11.0. The fraction of sp³-hybridized carbons (Fsp3) is 0.158. The van der Waals surface area contributed by atoms with Gasteiger partial charge in [-0.3, -0.25) is 10.1 Å². The molecule has 0 saturated carbocycles. The highest BCUT2D eigenvalue weighted by atomic mass is 16.6. The highest BCUT2D eigenvalue weighted by molar-refractivity contribution is 6.12. The number of carbonyl (C=O) groups excluding carboxylic acids is 1. The molecule has 1 heterocycles. The van der Waals surface area contributed by atoms with E-state index >= 15 is 0 Å². The predicted molar refractivity (Wildman–Crippen MR) is 94.4 cm³/mol. The number of cyclic esters (lactones) is 1. The van der Waals surface area contributed by atoms with Gasteiger partial charge in [-0.2, -0.15) is 0 Å². The van der Waals surface area contributed by atoms with Crippen LogP contribution in [0.3, 0.4) is 0 Å². The van der Waals surface area contributed by atoms with Crippen molar-refractivity contribution in [2.24, 2.45) is 4.99 Å². The molecule has 0 bridgehead atoms. The third kappa shape index (κ3) is 3.33. The molecule has 6 nitrogen and oxygen atoms in total. The van der Waals surface area contributed by atoms with E-state index in [0.29, 0.717) is 11.1 Å². The molecule has 0 saturated heterocycles. The fourth-order valence-corrected chi connectivity index (χ4v) is 2.48. The molecule has 6 heteroatoms. The Hall–Kier alpha value is -3.28. The number of ether oxygens (including phenoxy) is 1. The van der Waals surface area contributed by atoms with Crippen LogP contribution in [-0.2, 0) is 9.53 Å². The first-order valence-electron chi connectivity index (χ1n) is 7.70. The maximum atomic E-state index is 12.1. The zero-order valence-electron chi connectivity index (χ0n) is 14.1. The summed E-state index contributed by atoms with van der Waals surface area (Å²) >= 11 is 0. The number of hydrogen-bond acceptors (Lipinski definition) is 5. The van der Waals surface area contributed by atoms with E-state index in [2.05, 4.69) is 4.99 Å². The molecule has 1 aliphatic rings. The van der Waals surface area contributed by atoms with E-state index in [4.69, 9.17) is 4.74 Å². The molecule has 2 aromatic rings. The molecule has 3 rings (SSSR count). The zero-order valence-corrected chi connectivity index (χ0v) is 14.1. The van der Waals surface area contributed by atoms with E-state index < -0.39 is 10.9 Å². The van der Waals surface area contributed by atoms with Gasteiger partial charge in [-0.25, -0.2) is 9.79 Å². The number of hydrogen-bond donors (Lipinski definition) is 0. The van der Waals surface area contributed by atoms with Crippen LogP contribution in [0.4, 0.5) is 5.69 Å². The van der Waals surface area contributed by atoms with E-state index in [1.54, 1.807) is 19.1 Å². The number of rotatable bonds is 3. The third-order valence-corrected chi connectivity index (χ3v) is 4.11. The summed E-state index contributed by atoms with van der Waals surface area (Å²) in [5.41, 5.74) is 4.12. The molecule has 0 N–H and O–H groups in total. The molecular formula is C19H16N2O4. The van der Waals surface area contributed by atoms with Crippen LogP contribution in [0.15, 0.2) is 47.1 Å². The van der Waals surface area contributed by atoms with Crippen molar-refractivity contribution in [3.8, 4) is 0 Å². The van der Waals surface area contributed by atoms with Crippen molar-refractivity contribution in [3.63, 3.8) is 0 Å². The van der Waals surface area contributed by atoms with Crippen molar-refractivity contribution in [1.29, 1.82) is 0 Å². The standard InChI is InChI=1S/C19H16N2O4/c1-11-5-7-15(8-13(11)3)18-20-16(19(22)25-18)9-14-6-4-12(2)17(10-14)21(23)24/h4-10H,1-3H3/b16-9-. The van der Waals surface area contributed by atoms with E-state index in [1.165, 1.54) is 12.1 Å². The molecule has 1 aliphatic heterocycles. The zero-order chi connectivity index (χ0) is 18.1. The molecule has 0 aromatic heterocycles. The van der Waals surface area contributed by atoms with Crippen molar-refractivity contribution >= 4 is 23.6 Å². The Morgan fingerprint density at radius 1 is 1.04 bits per heavy atom. The quantitative estimate of drug-likeness (QED) is 0.369. The van der Waals surface area contributed by atoms with Gasteiger partial charge in [0.25, 0.3) is 5.69 Å². The molecule has 0 spiro atoms. The van der Waals surface area contributed by atoms with E-state index in [-0.39, 0.29) is 17.3 Å². The summed E-state index contributed by atoms with van der Waals surface area (Å²) < 4.78 is 5.24. The van der Waals surface area contributed by atoms with Gasteiger partial charge in [0.2, 0.25) is 5.90 Å². The average molecular weight is 336 g/mol. The first-order valence-corrected chi connectivity index (χ1v) is 7.70. The smallest absolute Gasteiger partial charge is 0.363 e. The van der Waals surface area contributed by atoms with E-state index in [1.807, 2.05) is 32.0 Å². The molecule has 0 amide bonds. The number of nitro groups is 1. The Morgan fingerprint density at radius 3 is 2.44 bits per heavy atom. The molecule has 2 aromatic carbocycles. The highest BCUT2D eigenvalue weighted by Crippen LogP contribution is 2.24. The van der Waals surface area contributed by atoms with Gasteiger partial charge < -0.3 is 4.74 Å². The van der Waals surface area contributed by atoms with Crippen molar-refractivity contribution in [1.82, 2.24) is 0 Å². The molecule has 126 valence electrons. The second kappa shape index (κ2) is 6.32. The number of benzene rings is 2. The second-order valence-corrected chi connectivity index (χ2v) is 5.94. The maximum Gasteiger partial charge on any atom is 0.363 e. The molecule has 0 aliphatic carbocycles. The summed E-state index contributed by atoms with van der Waals surface area (Å²) in [6.07, 6.45) is 1.49. The van der Waals surface area contributed by atoms with Gasteiger partial charge in [-0.05, 0) is 55.7 Å². The number of carbonyl (C=O) groups is 1. The number of nitrogens with zero attached hydrogens (tertiary/aromatic N) is 2. The molecule has 0 atom stereocenters. The summed E-state index contributed by atoms with van der Waals surface area (Å²) in [6.45, 7) is 5.63. The summed E-state index contributed by atoms with van der Waals surface area (Å²) in [6, 6.07) is 10.4. The van der Waals surface area contributed by atoms with Crippen LogP contribution in [-0.4, -0.2) is 16.8 Å². The molecule has 0 radical (unpaired) electrons. The lowest BCUT2D eigenvalue weighted by atomic mass is 10.1. The molecule has 0 fully saturated rings. The Bertz CT molecular complexity index is 958. The number of aliphatic imine (C=N–C) groups is 1. The largest absolute Gasteiger partial charge is 0.402 e. The SMILES string of the molecule is Cc1ccc(C2=N/C(=C\c3ccc(C)c([N+](=O)[O-])c3)C(=O)O2)cc1C. The summed E-state index contributed by atoms with van der Waals surface area (Å²) in [7, 11) is 0. The van der Waals surface area contributed by atoms with Crippen molar-refractivity contribution in [2.75, 3.05) is 0 Å². The lowest BCUT2D eigenvalue weighted by Gasteiger charge is -2.03. The highest BCUT2D eigenvalue weighted by Gasteiger charge is 2.24. The minimum Gasteiger partial charge on any atom is -0.402 e. The molecule has 0 unspecified atom stereocenters. The fourth-order valence-electron chi connectivity index (χ4n) is 2.48. The predicted octanol–water partition coefficient (Wildman–Crippen LogP) is 3.86. The lowest BCUT2D eigenvalue weighted by Crippen LogP contribution is -2.05. The lowest BCUT2D eigenvalue weighted by molar-refractivity contribution is -0.385. The van der Waals surface area contributed by atoms with Crippen LogP contribution in [0.5, 0.6) is 0 Å². The van der Waals surface area contributed by atoms with Crippen molar-refractivity contribution in [2.45, 2.75) is 20.8 Å². The Balaban J connectivity index is 1.97. The van der Waals surface area contributed by atoms with Gasteiger partial charge in [0.15, 0.2) is 5.70 Å². The monoisotopic (exact) mass is 336 g/mol. The number of esters is 1. The van der Waals surface area contributed by atoms with E-state index in [0.717, 1.165) is 16.7 Å². The van der Waals surface area contributed by atoms with Crippen LogP contribution in [0, 0.1) is 30.9 Å². The van der Waals surface area contributed by atoms with Crippen molar-refractivity contribution < 1.29 is 14.5 Å². The van der Waals surface area contributed by atoms with Gasteiger partial charge in [0.05, 0.1) is 4.92 Å². The van der Waals surface area contributed by atoms with Gasteiger partial charge >= 0.3 is 5.97 Å². The minimum absolute atomic E-state index is 0.000855. The Labute approximate surface area is 144 Å². The van der Waals surface area contributed by atoms with Gasteiger partial charge in [-0.1, -0.05) is 18.2 Å². The Morgan fingerprint density at radius 2 is 1.76 bits per heavy atom. The summed E-state index contributed by atoms with van der Waals surface area (Å²) in [5.74, 6) is -0.336. The molecular weight excluding hydrogens is 320 g/mol. The first kappa shape index (κ1) is 16.6. The third-order valence-electron chi connectivity index (χ3n) is 4.11. The second-order valence-electron chi connectivity index (χ2n) is 5.94. The van der Waals surface area contributed by atoms with Crippen LogP contribution in [0.25, 0.3) is 6.08 Å². The van der Waals surface area contributed by atoms with Gasteiger partial charge in [0, 0.05) is 17.2 Å². The minimum atomic E-state index is -0.573. The van der Waals surface area contributed by atoms with Gasteiger partial charge in [0.1, 0.15) is 0 Å². The maximum absolute atomic E-state index is 12.1. The average Bonchev–Trinajstić information content (AvgIpc) is 2.92.